The molecular weight excluding hydrogens is 300 g/mol. The molecule has 0 aromatic heterocycles. The normalized spacial score (nSPS) is 23.3. The Labute approximate surface area is 126 Å². The van der Waals surface area contributed by atoms with Gasteiger partial charge in [-0.2, -0.15) is 5.10 Å². The topological polar surface area (TPSA) is 58.7 Å². The summed E-state index contributed by atoms with van der Waals surface area (Å²) < 4.78 is 26.6. The van der Waals surface area contributed by atoms with Gasteiger partial charge in [-0.15, -0.1) is 0 Å². The van der Waals surface area contributed by atoms with Gasteiger partial charge < -0.3 is 5.73 Å². The fourth-order valence-corrected chi connectivity index (χ4v) is 2.93. The lowest BCUT2D eigenvalue weighted by Crippen LogP contribution is -2.51. The number of carbonyl (C=O) groups is 1. The first-order valence-corrected chi connectivity index (χ1v) is 6.80. The van der Waals surface area contributed by atoms with Crippen molar-refractivity contribution in [3.8, 4) is 0 Å². The number of alkyl halides is 2. The monoisotopic (exact) mass is 315 g/mol. The fraction of sp³-hybridized carbons (Fsp3) is 0.429. The summed E-state index contributed by atoms with van der Waals surface area (Å²) in [5.41, 5.74) is 4.21. The van der Waals surface area contributed by atoms with E-state index in [1.54, 1.807) is 38.2 Å². The third-order valence-corrected chi connectivity index (χ3v) is 4.22. The van der Waals surface area contributed by atoms with Gasteiger partial charge in [-0.1, -0.05) is 30.7 Å². The standard InChI is InChI=1S/C14H16ClF2N3O/c1-8(9-3-5-10(15)6-4-9)14(13(18)21)7-20(2)19-11(14)12(16)17/h3-6,8,12H,7H2,1-2H3,(H2,18,21). The lowest BCUT2D eigenvalue weighted by atomic mass is 9.69. The number of halogens is 3. The van der Waals surface area contributed by atoms with Gasteiger partial charge >= 0.3 is 0 Å². The summed E-state index contributed by atoms with van der Waals surface area (Å²) >= 11 is 5.83. The molecule has 0 fully saturated rings. The Hall–Kier alpha value is -1.69. The highest BCUT2D eigenvalue weighted by Crippen LogP contribution is 2.43. The molecule has 0 saturated carbocycles. The minimum Gasteiger partial charge on any atom is -0.369 e. The maximum atomic E-state index is 13.3. The molecule has 1 aliphatic heterocycles. The highest BCUT2D eigenvalue weighted by atomic mass is 35.5. The van der Waals surface area contributed by atoms with Gasteiger partial charge in [0.05, 0.1) is 6.54 Å². The van der Waals surface area contributed by atoms with Gasteiger partial charge in [0.15, 0.2) is 0 Å². The van der Waals surface area contributed by atoms with Crippen LogP contribution in [0.3, 0.4) is 0 Å². The van der Waals surface area contributed by atoms with Gasteiger partial charge in [0.25, 0.3) is 6.43 Å². The summed E-state index contributed by atoms with van der Waals surface area (Å²) in [4.78, 5) is 12.0. The van der Waals surface area contributed by atoms with Gasteiger partial charge in [0, 0.05) is 18.0 Å². The number of rotatable bonds is 4. The van der Waals surface area contributed by atoms with Crippen LogP contribution in [-0.4, -0.2) is 36.6 Å². The second kappa shape index (κ2) is 5.60. The van der Waals surface area contributed by atoms with Crippen molar-refractivity contribution in [1.29, 1.82) is 0 Å². The third kappa shape index (κ3) is 2.60. The number of hydrogen-bond donors (Lipinski definition) is 1. The molecule has 2 rings (SSSR count). The molecule has 2 atom stereocenters. The second-order valence-corrected chi connectivity index (χ2v) is 5.65. The smallest absolute Gasteiger partial charge is 0.279 e. The first kappa shape index (κ1) is 15.7. The van der Waals surface area contributed by atoms with Crippen LogP contribution in [0.15, 0.2) is 29.4 Å². The molecule has 1 aromatic carbocycles. The molecule has 4 nitrogen and oxygen atoms in total. The maximum absolute atomic E-state index is 13.3. The molecule has 7 heteroatoms. The molecule has 1 amide bonds. The van der Waals surface area contributed by atoms with Crippen LogP contribution < -0.4 is 5.73 Å². The van der Waals surface area contributed by atoms with Crippen LogP contribution in [0.5, 0.6) is 0 Å². The van der Waals surface area contributed by atoms with Crippen LogP contribution in [0, 0.1) is 5.41 Å². The molecule has 1 aliphatic rings. The van der Waals surface area contributed by atoms with Crippen LogP contribution in [0.25, 0.3) is 0 Å². The number of amides is 1. The van der Waals surface area contributed by atoms with Gasteiger partial charge in [-0.25, -0.2) is 8.78 Å². The number of nitrogens with zero attached hydrogens (tertiary/aromatic N) is 2. The van der Waals surface area contributed by atoms with E-state index in [4.69, 9.17) is 17.3 Å². The average Bonchev–Trinajstić information content (AvgIpc) is 2.78. The molecule has 2 N–H and O–H groups in total. The Bertz CT molecular complexity index is 576. The molecule has 1 heterocycles. The summed E-state index contributed by atoms with van der Waals surface area (Å²) in [7, 11) is 1.54. The second-order valence-electron chi connectivity index (χ2n) is 5.21. The van der Waals surface area contributed by atoms with E-state index in [0.29, 0.717) is 10.6 Å². The number of carbonyl (C=O) groups excluding carboxylic acids is 1. The molecule has 0 radical (unpaired) electrons. The van der Waals surface area contributed by atoms with Crippen LogP contribution in [-0.2, 0) is 4.79 Å². The lowest BCUT2D eigenvalue weighted by Gasteiger charge is -2.33. The summed E-state index contributed by atoms with van der Waals surface area (Å²) in [6.45, 7) is 1.73. The summed E-state index contributed by atoms with van der Waals surface area (Å²) in [6, 6.07) is 6.72. The van der Waals surface area contributed by atoms with Crippen molar-refractivity contribution >= 4 is 23.2 Å². The first-order valence-electron chi connectivity index (χ1n) is 6.42. The number of hydrazone groups is 1. The quantitative estimate of drug-likeness (QED) is 0.928. The Balaban J connectivity index is 2.50. The predicted molar refractivity (Wildman–Crippen MR) is 77.6 cm³/mol. The molecule has 0 saturated heterocycles. The predicted octanol–water partition coefficient (Wildman–Crippen LogP) is 2.48. The van der Waals surface area contributed by atoms with Crippen molar-refractivity contribution in [2.24, 2.45) is 16.3 Å². The van der Waals surface area contributed by atoms with E-state index >= 15 is 0 Å². The van der Waals surface area contributed by atoms with Gasteiger partial charge in [0.2, 0.25) is 5.91 Å². The largest absolute Gasteiger partial charge is 0.369 e. The maximum Gasteiger partial charge on any atom is 0.279 e. The minimum absolute atomic E-state index is 0.0335. The van der Waals surface area contributed by atoms with Crippen molar-refractivity contribution in [3.05, 3.63) is 34.9 Å². The van der Waals surface area contributed by atoms with E-state index in [9.17, 15) is 13.6 Å². The average molecular weight is 316 g/mol. The Kier molecular flexibility index (Phi) is 4.18. The summed E-state index contributed by atoms with van der Waals surface area (Å²) in [5.74, 6) is -1.33. The summed E-state index contributed by atoms with van der Waals surface area (Å²) in [6.07, 6.45) is -2.84. The number of nitrogens with two attached hydrogens (primary N) is 1. The van der Waals surface area contributed by atoms with Crippen LogP contribution in [0.4, 0.5) is 8.78 Å². The highest BCUT2D eigenvalue weighted by molar-refractivity contribution is 6.30. The zero-order valence-corrected chi connectivity index (χ0v) is 12.4. The lowest BCUT2D eigenvalue weighted by molar-refractivity contribution is -0.125. The van der Waals surface area contributed by atoms with Gasteiger partial charge in [-0.3, -0.25) is 9.80 Å². The molecule has 1 aromatic rings. The molecule has 21 heavy (non-hydrogen) atoms. The van der Waals surface area contributed by atoms with Crippen molar-refractivity contribution in [2.45, 2.75) is 19.3 Å². The van der Waals surface area contributed by atoms with E-state index in [2.05, 4.69) is 5.10 Å². The molecular formula is C14H16ClF2N3O. The third-order valence-electron chi connectivity index (χ3n) is 3.97. The Morgan fingerprint density at radius 1 is 1.43 bits per heavy atom. The van der Waals surface area contributed by atoms with E-state index in [-0.39, 0.29) is 6.54 Å². The molecule has 0 aliphatic carbocycles. The zero-order valence-electron chi connectivity index (χ0n) is 11.7. The van der Waals surface area contributed by atoms with E-state index in [0.717, 1.165) is 0 Å². The van der Waals surface area contributed by atoms with Crippen LogP contribution in [0.1, 0.15) is 18.4 Å². The van der Waals surface area contributed by atoms with E-state index in [1.807, 2.05) is 0 Å². The van der Waals surface area contributed by atoms with Crippen molar-refractivity contribution < 1.29 is 13.6 Å². The van der Waals surface area contributed by atoms with Gasteiger partial charge in [-0.05, 0) is 17.7 Å². The van der Waals surface area contributed by atoms with E-state index < -0.39 is 29.4 Å². The van der Waals surface area contributed by atoms with Crippen molar-refractivity contribution in [1.82, 2.24) is 5.01 Å². The zero-order chi connectivity index (χ0) is 15.8. The fourth-order valence-electron chi connectivity index (χ4n) is 2.80. The Morgan fingerprint density at radius 3 is 2.48 bits per heavy atom. The minimum atomic E-state index is -2.84. The van der Waals surface area contributed by atoms with E-state index in [1.165, 1.54) is 5.01 Å². The molecule has 114 valence electrons. The number of benzene rings is 1. The van der Waals surface area contributed by atoms with Crippen molar-refractivity contribution in [2.75, 3.05) is 13.6 Å². The SMILES string of the molecule is CC(c1ccc(Cl)cc1)C1(C(N)=O)CN(C)N=C1C(F)F. The first-order chi connectivity index (χ1) is 9.79. The summed E-state index contributed by atoms with van der Waals surface area (Å²) in [5, 5.41) is 5.66. The highest BCUT2D eigenvalue weighted by Gasteiger charge is 2.54. The molecule has 0 spiro atoms. The number of primary amides is 1. The van der Waals surface area contributed by atoms with Crippen LogP contribution in [0.2, 0.25) is 5.02 Å². The number of hydrogen-bond acceptors (Lipinski definition) is 3. The van der Waals surface area contributed by atoms with Crippen molar-refractivity contribution in [3.63, 3.8) is 0 Å². The van der Waals surface area contributed by atoms with Gasteiger partial charge in [0.1, 0.15) is 11.1 Å². The molecule has 0 bridgehead atoms. The molecule has 2 unspecified atom stereocenters. The van der Waals surface area contributed by atoms with Crippen LogP contribution >= 0.6 is 11.6 Å². The Morgan fingerprint density at radius 2 is 2.00 bits per heavy atom.